The van der Waals surface area contributed by atoms with Crippen molar-refractivity contribution in [1.82, 2.24) is 0 Å². The second kappa shape index (κ2) is 7.22. The average molecular weight is 294 g/mol. The lowest BCUT2D eigenvalue weighted by atomic mass is 10.2. The van der Waals surface area contributed by atoms with Crippen molar-refractivity contribution >= 4 is 17.9 Å². The van der Waals surface area contributed by atoms with E-state index in [1.807, 2.05) is 49.5 Å². The lowest BCUT2D eigenvalue weighted by molar-refractivity contribution is -0.130. The summed E-state index contributed by atoms with van der Waals surface area (Å²) in [5.41, 5.74) is 2.29. The first kappa shape index (κ1) is 15.5. The van der Waals surface area contributed by atoms with E-state index >= 15 is 0 Å². The Labute approximate surface area is 130 Å². The number of hydrogen-bond donors (Lipinski definition) is 0. The molecule has 22 heavy (non-hydrogen) atoms. The van der Waals surface area contributed by atoms with E-state index < -0.39 is 5.97 Å². The van der Waals surface area contributed by atoms with Crippen molar-refractivity contribution in [3.63, 3.8) is 0 Å². The van der Waals surface area contributed by atoms with Gasteiger partial charge in [-0.25, -0.2) is 4.79 Å². The van der Waals surface area contributed by atoms with Crippen molar-refractivity contribution in [3.05, 3.63) is 72.3 Å². The monoisotopic (exact) mass is 294 g/mol. The van der Waals surface area contributed by atoms with Crippen LogP contribution < -0.4 is 9.75 Å². The minimum atomic E-state index is -0.426. The summed E-state index contributed by atoms with van der Waals surface area (Å²) in [5, 5.41) is 6.16. The zero-order valence-corrected chi connectivity index (χ0v) is 12.7. The molecular formula is C18H18N2O2. The maximum atomic E-state index is 11.4. The first-order chi connectivity index (χ1) is 10.6. The molecule has 0 spiro atoms. The highest BCUT2D eigenvalue weighted by molar-refractivity contribution is 5.89. The number of benzene rings is 2. The normalized spacial score (nSPS) is 10.5. The van der Waals surface area contributed by atoms with Crippen molar-refractivity contribution < 1.29 is 9.53 Å². The highest BCUT2D eigenvalue weighted by Gasteiger charge is 2.04. The van der Waals surface area contributed by atoms with Gasteiger partial charge in [0.1, 0.15) is 5.75 Å². The predicted octanol–water partition coefficient (Wildman–Crippen LogP) is 3.64. The molecule has 0 atom stereocenters. The van der Waals surface area contributed by atoms with E-state index in [0.29, 0.717) is 11.3 Å². The molecule has 4 nitrogen and oxygen atoms in total. The molecule has 0 aromatic heterocycles. The third kappa shape index (κ3) is 4.31. The number of nitrogens with zero attached hydrogens (tertiary/aromatic N) is 2. The molecule has 0 aliphatic rings. The molecule has 0 fully saturated rings. The molecule has 0 bridgehead atoms. The van der Waals surface area contributed by atoms with E-state index in [-0.39, 0.29) is 0 Å². The number of ether oxygens (including phenoxy) is 1. The van der Waals surface area contributed by atoms with Gasteiger partial charge >= 0.3 is 5.97 Å². The molecule has 0 saturated heterocycles. The van der Waals surface area contributed by atoms with Crippen LogP contribution in [0.25, 0.3) is 0 Å². The summed E-state index contributed by atoms with van der Waals surface area (Å²) < 4.78 is 5.13. The number of hydrogen-bond acceptors (Lipinski definition) is 4. The number of carbonyl (C=O) groups is 1. The number of carbonyl (C=O) groups excluding carboxylic acids is 1. The summed E-state index contributed by atoms with van der Waals surface area (Å²) in [6.07, 6.45) is 1.75. The summed E-state index contributed by atoms with van der Waals surface area (Å²) in [7, 11) is 1.88. The Morgan fingerprint density at radius 3 is 2.36 bits per heavy atom. The fraction of sp³-hybridized carbons (Fsp3) is 0.111. The van der Waals surface area contributed by atoms with E-state index in [4.69, 9.17) is 4.74 Å². The number of esters is 1. The molecule has 112 valence electrons. The molecule has 0 amide bonds. The van der Waals surface area contributed by atoms with E-state index in [2.05, 4.69) is 11.7 Å². The Morgan fingerprint density at radius 2 is 1.77 bits per heavy atom. The first-order valence-electron chi connectivity index (χ1n) is 6.87. The Balaban J connectivity index is 2.00. The van der Waals surface area contributed by atoms with Gasteiger partial charge in [0, 0.05) is 12.6 Å². The molecular weight excluding hydrogens is 276 g/mol. The first-order valence-corrected chi connectivity index (χ1v) is 6.87. The second-order valence-corrected chi connectivity index (χ2v) is 4.84. The van der Waals surface area contributed by atoms with Crippen molar-refractivity contribution in [2.24, 2.45) is 5.10 Å². The lowest BCUT2D eigenvalue weighted by Crippen LogP contribution is -2.09. The van der Waals surface area contributed by atoms with E-state index in [9.17, 15) is 4.79 Å². The van der Waals surface area contributed by atoms with Crippen LogP contribution in [0.15, 0.2) is 71.9 Å². The van der Waals surface area contributed by atoms with Gasteiger partial charge in [-0.1, -0.05) is 24.8 Å². The van der Waals surface area contributed by atoms with Gasteiger partial charge in [-0.15, -0.1) is 0 Å². The summed E-state index contributed by atoms with van der Waals surface area (Å²) in [6, 6.07) is 17.0. The van der Waals surface area contributed by atoms with Crippen LogP contribution in [0.5, 0.6) is 5.75 Å². The Bertz CT molecular complexity index is 676. The molecule has 0 saturated carbocycles. The van der Waals surface area contributed by atoms with Gasteiger partial charge in [0.05, 0.1) is 11.9 Å². The fourth-order valence-corrected chi connectivity index (χ4v) is 1.68. The smallest absolute Gasteiger partial charge is 0.338 e. The van der Waals surface area contributed by atoms with Gasteiger partial charge in [0.25, 0.3) is 0 Å². The van der Waals surface area contributed by atoms with Crippen LogP contribution in [0.1, 0.15) is 12.5 Å². The van der Waals surface area contributed by atoms with Gasteiger partial charge in [-0.05, 0) is 48.9 Å². The molecule has 0 heterocycles. The third-order valence-electron chi connectivity index (χ3n) is 2.95. The molecule has 0 aliphatic carbocycles. The van der Waals surface area contributed by atoms with Crippen LogP contribution in [0.2, 0.25) is 0 Å². The third-order valence-corrected chi connectivity index (χ3v) is 2.95. The van der Waals surface area contributed by atoms with Gasteiger partial charge < -0.3 is 4.74 Å². The number of para-hydroxylation sites is 1. The van der Waals surface area contributed by atoms with Gasteiger partial charge in [0.15, 0.2) is 0 Å². The minimum absolute atomic E-state index is 0.370. The highest BCUT2D eigenvalue weighted by Crippen LogP contribution is 2.14. The Hall–Kier alpha value is -2.88. The van der Waals surface area contributed by atoms with E-state index in [1.54, 1.807) is 30.3 Å². The lowest BCUT2D eigenvalue weighted by Gasteiger charge is -2.12. The quantitative estimate of drug-likeness (QED) is 0.278. The summed E-state index contributed by atoms with van der Waals surface area (Å²) in [6.45, 7) is 5.16. The topological polar surface area (TPSA) is 41.9 Å². The molecule has 0 unspecified atom stereocenters. The largest absolute Gasteiger partial charge is 0.423 e. The van der Waals surface area contributed by atoms with E-state index in [1.165, 1.54) is 0 Å². The van der Waals surface area contributed by atoms with Crippen LogP contribution in [0, 0.1) is 0 Å². The molecule has 2 aromatic rings. The molecule has 0 radical (unpaired) electrons. The molecule has 0 N–H and O–H groups in total. The molecule has 2 rings (SSSR count). The van der Waals surface area contributed by atoms with Crippen LogP contribution in [-0.2, 0) is 4.79 Å². The Morgan fingerprint density at radius 1 is 1.14 bits per heavy atom. The van der Waals surface area contributed by atoms with Crippen molar-refractivity contribution in [1.29, 1.82) is 0 Å². The fourth-order valence-electron chi connectivity index (χ4n) is 1.68. The van der Waals surface area contributed by atoms with Crippen molar-refractivity contribution in [2.75, 3.05) is 12.1 Å². The summed E-state index contributed by atoms with van der Waals surface area (Å²) >= 11 is 0. The van der Waals surface area contributed by atoms with Crippen LogP contribution >= 0.6 is 0 Å². The standard InChI is InChI=1S/C18H18N2O2/c1-14(2)18(21)22-17-11-9-15(10-12-17)13-19-20(3)16-7-5-4-6-8-16/h4-13H,1H2,2-3H3. The zero-order valence-electron chi connectivity index (χ0n) is 12.7. The maximum absolute atomic E-state index is 11.4. The molecule has 4 heteroatoms. The van der Waals surface area contributed by atoms with Crippen molar-refractivity contribution in [2.45, 2.75) is 6.92 Å². The molecule has 2 aromatic carbocycles. The zero-order chi connectivity index (χ0) is 15.9. The minimum Gasteiger partial charge on any atom is -0.423 e. The maximum Gasteiger partial charge on any atom is 0.338 e. The van der Waals surface area contributed by atoms with Gasteiger partial charge in [-0.3, -0.25) is 5.01 Å². The molecule has 0 aliphatic heterocycles. The van der Waals surface area contributed by atoms with Gasteiger partial charge in [0.2, 0.25) is 0 Å². The number of rotatable bonds is 5. The van der Waals surface area contributed by atoms with Gasteiger partial charge in [-0.2, -0.15) is 5.10 Å². The predicted molar refractivity (Wildman–Crippen MR) is 89.3 cm³/mol. The van der Waals surface area contributed by atoms with Crippen molar-refractivity contribution in [3.8, 4) is 5.75 Å². The van der Waals surface area contributed by atoms with Crippen LogP contribution in [-0.4, -0.2) is 19.2 Å². The Kier molecular flexibility index (Phi) is 5.09. The van der Waals surface area contributed by atoms with Crippen LogP contribution in [0.4, 0.5) is 5.69 Å². The number of anilines is 1. The SMILES string of the molecule is C=C(C)C(=O)Oc1ccc(C=NN(C)c2ccccc2)cc1. The summed E-state index contributed by atoms with van der Waals surface area (Å²) in [4.78, 5) is 11.4. The second-order valence-electron chi connectivity index (χ2n) is 4.84. The van der Waals surface area contributed by atoms with E-state index in [0.717, 1.165) is 11.3 Å². The van der Waals surface area contributed by atoms with Crippen LogP contribution in [0.3, 0.4) is 0 Å². The average Bonchev–Trinajstić information content (AvgIpc) is 2.54. The highest BCUT2D eigenvalue weighted by atomic mass is 16.5. The summed E-state index contributed by atoms with van der Waals surface area (Å²) in [5.74, 6) is 0.0618. The number of hydrazone groups is 1.